The number of allylic oxidation sites excluding steroid dienone is 1. The van der Waals surface area contributed by atoms with Crippen LogP contribution in [-0.2, 0) is 14.8 Å². The molecule has 0 spiro atoms. The molecule has 0 N–H and O–H groups in total. The molecule has 2 unspecified atom stereocenters. The van der Waals surface area contributed by atoms with Gasteiger partial charge in [-0.3, -0.25) is 4.79 Å². The quantitative estimate of drug-likeness (QED) is 0.461. The molecule has 0 saturated heterocycles. The molecule has 2 saturated carbocycles. The maximum atomic E-state index is 12.4. The summed E-state index contributed by atoms with van der Waals surface area (Å²) in [5, 5.41) is 0. The van der Waals surface area contributed by atoms with Gasteiger partial charge in [-0.05, 0) is 87.5 Å². The lowest BCUT2D eigenvalue weighted by Crippen LogP contribution is -2.39. The van der Waals surface area contributed by atoms with Gasteiger partial charge in [-0.1, -0.05) is 50.3 Å². The highest BCUT2D eigenvalue weighted by molar-refractivity contribution is 6.69. The monoisotopic (exact) mass is 412 g/mol. The Labute approximate surface area is 179 Å². The number of hydrogen-bond donors (Lipinski definition) is 0. The summed E-state index contributed by atoms with van der Waals surface area (Å²) < 4.78 is 6.38. The van der Waals surface area contributed by atoms with Crippen molar-refractivity contribution in [2.45, 2.75) is 85.0 Å². The number of carbonyl (C=O) groups excluding carboxylic acids is 1. The molecule has 3 rings (SSSR count). The van der Waals surface area contributed by atoms with Crippen LogP contribution in [0.3, 0.4) is 0 Å². The Hall–Kier alpha value is -1.19. The van der Waals surface area contributed by atoms with E-state index in [-0.39, 0.29) is 11.0 Å². The van der Waals surface area contributed by atoms with Crippen molar-refractivity contribution in [3.8, 4) is 0 Å². The molecule has 2 nitrogen and oxygen atoms in total. The van der Waals surface area contributed by atoms with E-state index in [0.29, 0.717) is 23.5 Å². The maximum Gasteiger partial charge on any atom is 0.184 e. The van der Waals surface area contributed by atoms with Gasteiger partial charge in [0.15, 0.2) is 8.32 Å². The van der Waals surface area contributed by atoms with Crippen LogP contribution in [0.5, 0.6) is 0 Å². The highest BCUT2D eigenvalue weighted by Crippen LogP contribution is 2.56. The topological polar surface area (TPSA) is 26.3 Å². The molecule has 2 aliphatic rings. The Morgan fingerprint density at radius 3 is 2.45 bits per heavy atom. The Bertz CT molecular complexity index is 756. The predicted molar refractivity (Wildman–Crippen MR) is 125 cm³/mol. The fourth-order valence-corrected chi connectivity index (χ4v) is 7.70. The average molecular weight is 413 g/mol. The van der Waals surface area contributed by atoms with Crippen LogP contribution in [-0.4, -0.2) is 14.1 Å². The summed E-state index contributed by atoms with van der Waals surface area (Å²) >= 11 is 0. The van der Waals surface area contributed by atoms with E-state index < -0.39 is 8.32 Å². The van der Waals surface area contributed by atoms with Crippen molar-refractivity contribution in [2.24, 2.45) is 23.2 Å². The van der Waals surface area contributed by atoms with E-state index in [4.69, 9.17) is 4.43 Å². The van der Waals surface area contributed by atoms with Crippen molar-refractivity contribution in [1.82, 2.24) is 0 Å². The van der Waals surface area contributed by atoms with Crippen molar-refractivity contribution in [3.05, 3.63) is 41.5 Å². The maximum absolute atomic E-state index is 12.4. The van der Waals surface area contributed by atoms with Gasteiger partial charge in [-0.25, -0.2) is 0 Å². The standard InChI is InChI=1S/C26H40O2Si/c1-19(22-16-17-23-24(27)9-8-18-26(22,23)4)10-11-20-12-14-21(15-13-20)25(2,3)28-29(5,6)7/h10-15,19,22-23H,8-9,16-18H2,1-7H3/t19-,22?,23?,26-/m1/s1. The average Bonchev–Trinajstić information content (AvgIpc) is 2.96. The molecule has 3 heteroatoms. The van der Waals surface area contributed by atoms with Crippen molar-refractivity contribution in [2.75, 3.05) is 0 Å². The van der Waals surface area contributed by atoms with Crippen molar-refractivity contribution in [3.63, 3.8) is 0 Å². The molecule has 2 aliphatic carbocycles. The second-order valence-electron chi connectivity index (χ2n) is 11.1. The summed E-state index contributed by atoms with van der Waals surface area (Å²) in [6, 6.07) is 8.82. The first kappa shape index (κ1) is 22.5. The molecule has 0 bridgehead atoms. The van der Waals surface area contributed by atoms with Crippen LogP contribution in [0.1, 0.15) is 70.9 Å². The Morgan fingerprint density at radius 1 is 1.17 bits per heavy atom. The Morgan fingerprint density at radius 2 is 1.83 bits per heavy atom. The minimum atomic E-state index is -1.60. The van der Waals surface area contributed by atoms with Crippen LogP contribution < -0.4 is 0 Å². The van der Waals surface area contributed by atoms with Gasteiger partial charge < -0.3 is 4.43 Å². The fourth-order valence-electron chi connectivity index (χ4n) is 6.05. The molecule has 1 aromatic carbocycles. The molecule has 29 heavy (non-hydrogen) atoms. The van der Waals surface area contributed by atoms with Crippen LogP contribution in [0.15, 0.2) is 30.3 Å². The van der Waals surface area contributed by atoms with E-state index in [2.05, 4.69) is 83.8 Å². The molecule has 0 amide bonds. The molecule has 0 radical (unpaired) electrons. The van der Waals surface area contributed by atoms with Gasteiger partial charge in [-0.2, -0.15) is 0 Å². The molecule has 0 heterocycles. The van der Waals surface area contributed by atoms with Gasteiger partial charge in [0.25, 0.3) is 0 Å². The van der Waals surface area contributed by atoms with Crippen LogP contribution in [0, 0.1) is 23.2 Å². The molecular formula is C26H40O2Si. The zero-order chi connectivity index (χ0) is 21.4. The van der Waals surface area contributed by atoms with E-state index in [9.17, 15) is 4.79 Å². The predicted octanol–water partition coefficient (Wildman–Crippen LogP) is 7.21. The number of Topliss-reactive ketones (excluding diaryl/α,β-unsaturated/α-hetero) is 1. The lowest BCUT2D eigenvalue weighted by Gasteiger charge is -2.41. The van der Waals surface area contributed by atoms with Gasteiger partial charge in [-0.15, -0.1) is 0 Å². The first-order chi connectivity index (χ1) is 13.4. The van der Waals surface area contributed by atoms with E-state index >= 15 is 0 Å². The third-order valence-electron chi connectivity index (χ3n) is 7.33. The fraction of sp³-hybridized carbons (Fsp3) is 0.654. The highest BCUT2D eigenvalue weighted by atomic mass is 28.4. The van der Waals surface area contributed by atoms with E-state index in [1.165, 1.54) is 24.0 Å². The van der Waals surface area contributed by atoms with Crippen molar-refractivity contribution in [1.29, 1.82) is 0 Å². The molecular weight excluding hydrogens is 372 g/mol. The minimum Gasteiger partial charge on any atom is -0.409 e. The van der Waals surface area contributed by atoms with E-state index in [1.807, 2.05) is 0 Å². The second-order valence-corrected chi connectivity index (χ2v) is 15.6. The van der Waals surface area contributed by atoms with Crippen molar-refractivity contribution < 1.29 is 9.22 Å². The first-order valence-corrected chi connectivity index (χ1v) is 14.8. The summed E-state index contributed by atoms with van der Waals surface area (Å²) in [6.07, 6.45) is 10.0. The van der Waals surface area contributed by atoms with Crippen molar-refractivity contribution >= 4 is 20.2 Å². The molecule has 4 atom stereocenters. The summed E-state index contributed by atoms with van der Waals surface area (Å²) in [5.74, 6) is 1.96. The SMILES string of the molecule is C[C@H](C=Cc1ccc(C(C)(C)O[Si](C)(C)C)cc1)C1CCC2C(=O)CCC[C@@]21C. The van der Waals surface area contributed by atoms with Crippen LogP contribution in [0.4, 0.5) is 0 Å². The van der Waals surface area contributed by atoms with Crippen LogP contribution in [0.2, 0.25) is 19.6 Å². The number of rotatable bonds is 6. The molecule has 160 valence electrons. The summed E-state index contributed by atoms with van der Waals surface area (Å²) in [5.41, 5.74) is 2.43. The lowest BCUT2D eigenvalue weighted by molar-refractivity contribution is -0.129. The highest BCUT2D eigenvalue weighted by Gasteiger charge is 2.51. The number of benzene rings is 1. The largest absolute Gasteiger partial charge is 0.409 e. The van der Waals surface area contributed by atoms with Gasteiger partial charge in [0.2, 0.25) is 0 Å². The molecule has 0 aliphatic heterocycles. The summed E-state index contributed by atoms with van der Waals surface area (Å²) in [7, 11) is -1.60. The summed E-state index contributed by atoms with van der Waals surface area (Å²) in [4.78, 5) is 12.4. The van der Waals surface area contributed by atoms with E-state index in [0.717, 1.165) is 19.3 Å². The smallest absolute Gasteiger partial charge is 0.184 e. The number of fused-ring (bicyclic) bond motifs is 1. The van der Waals surface area contributed by atoms with Crippen LogP contribution in [0.25, 0.3) is 6.08 Å². The number of carbonyl (C=O) groups is 1. The number of ketones is 1. The third-order valence-corrected chi connectivity index (χ3v) is 8.45. The van der Waals surface area contributed by atoms with E-state index in [1.54, 1.807) is 0 Å². The molecule has 1 aromatic rings. The van der Waals surface area contributed by atoms with Gasteiger partial charge in [0, 0.05) is 12.3 Å². The zero-order valence-electron chi connectivity index (χ0n) is 19.5. The Balaban J connectivity index is 1.68. The second kappa shape index (κ2) is 8.15. The van der Waals surface area contributed by atoms with Crippen LogP contribution >= 0.6 is 0 Å². The zero-order valence-corrected chi connectivity index (χ0v) is 20.5. The van der Waals surface area contributed by atoms with Gasteiger partial charge in [0.1, 0.15) is 5.78 Å². The van der Waals surface area contributed by atoms with Gasteiger partial charge in [0.05, 0.1) is 5.60 Å². The van der Waals surface area contributed by atoms with Gasteiger partial charge >= 0.3 is 0 Å². The third kappa shape index (κ3) is 4.94. The Kier molecular flexibility index (Phi) is 6.32. The minimum absolute atomic E-state index is 0.209. The lowest BCUT2D eigenvalue weighted by atomic mass is 9.62. The molecule has 0 aromatic heterocycles. The summed E-state index contributed by atoms with van der Waals surface area (Å²) in [6.45, 7) is 15.8. The molecule has 2 fully saturated rings. The normalized spacial score (nSPS) is 29.3. The number of hydrogen-bond acceptors (Lipinski definition) is 2. The first-order valence-electron chi connectivity index (χ1n) is 11.4.